The summed E-state index contributed by atoms with van der Waals surface area (Å²) in [6.07, 6.45) is 1.17. The molecule has 0 aromatic heterocycles. The highest BCUT2D eigenvalue weighted by Crippen LogP contribution is 2.21. The Morgan fingerprint density at radius 3 is 2.28 bits per heavy atom. The summed E-state index contributed by atoms with van der Waals surface area (Å²) in [5, 5.41) is 13.6. The first-order chi connectivity index (χ1) is 11.7. The molecule has 0 spiro atoms. The Balaban J connectivity index is 2.05. The Labute approximate surface area is 145 Å². The van der Waals surface area contributed by atoms with Crippen molar-refractivity contribution in [2.24, 2.45) is 0 Å². The summed E-state index contributed by atoms with van der Waals surface area (Å²) in [4.78, 5) is 22.7. The van der Waals surface area contributed by atoms with E-state index in [9.17, 15) is 23.3 Å². The maximum atomic E-state index is 12.3. The van der Waals surface area contributed by atoms with E-state index in [0.717, 1.165) is 5.56 Å². The van der Waals surface area contributed by atoms with Crippen LogP contribution in [-0.4, -0.2) is 25.5 Å². The molecule has 7 nitrogen and oxygen atoms in total. The molecule has 2 rings (SSSR count). The summed E-state index contributed by atoms with van der Waals surface area (Å²) in [5.74, 6) is -0.437. The molecule has 25 heavy (non-hydrogen) atoms. The second kappa shape index (κ2) is 7.43. The van der Waals surface area contributed by atoms with E-state index < -0.39 is 20.7 Å². The fourth-order valence-electron chi connectivity index (χ4n) is 2.40. The minimum absolute atomic E-state index is 0.0352. The minimum atomic E-state index is -3.09. The third kappa shape index (κ3) is 5.12. The van der Waals surface area contributed by atoms with Crippen LogP contribution in [-0.2, 0) is 22.1 Å². The van der Waals surface area contributed by atoms with E-state index >= 15 is 0 Å². The molecule has 0 fully saturated rings. The number of nitro benzene ring substituents is 1. The van der Waals surface area contributed by atoms with Crippen LogP contribution in [0.15, 0.2) is 42.5 Å². The first-order valence-corrected chi connectivity index (χ1v) is 9.51. The molecule has 0 aliphatic heterocycles. The van der Waals surface area contributed by atoms with Crippen LogP contribution in [0.3, 0.4) is 0 Å². The van der Waals surface area contributed by atoms with Crippen LogP contribution in [0.25, 0.3) is 0 Å². The molecule has 0 saturated heterocycles. The Kier molecular flexibility index (Phi) is 5.53. The Bertz CT molecular complexity index is 905. The van der Waals surface area contributed by atoms with Gasteiger partial charge in [-0.2, -0.15) is 0 Å². The zero-order valence-corrected chi connectivity index (χ0v) is 14.7. The fraction of sp³-hybridized carbons (Fsp3) is 0.235. The topological polar surface area (TPSA) is 106 Å². The zero-order valence-electron chi connectivity index (χ0n) is 13.9. The lowest BCUT2D eigenvalue weighted by Crippen LogP contribution is -2.23. The molecule has 8 heteroatoms. The third-order valence-corrected chi connectivity index (χ3v) is 4.51. The van der Waals surface area contributed by atoms with Crippen molar-refractivity contribution in [2.45, 2.75) is 19.2 Å². The molecule has 2 aromatic carbocycles. The second-order valence-corrected chi connectivity index (χ2v) is 7.92. The van der Waals surface area contributed by atoms with Gasteiger partial charge in [0.05, 0.1) is 10.7 Å². The van der Waals surface area contributed by atoms with Crippen molar-refractivity contribution in [3.8, 4) is 0 Å². The van der Waals surface area contributed by atoms with Gasteiger partial charge in [-0.3, -0.25) is 14.9 Å². The van der Waals surface area contributed by atoms with Crippen LogP contribution in [0.1, 0.15) is 27.0 Å². The highest BCUT2D eigenvalue weighted by atomic mass is 32.2. The molecule has 0 heterocycles. The predicted molar refractivity (Wildman–Crippen MR) is 94.0 cm³/mol. The number of carbonyl (C=O) groups is 1. The lowest BCUT2D eigenvalue weighted by molar-refractivity contribution is -0.385. The van der Waals surface area contributed by atoms with E-state index in [0.29, 0.717) is 11.1 Å². The molecule has 1 amide bonds. The largest absolute Gasteiger partial charge is 0.348 e. The van der Waals surface area contributed by atoms with Crippen LogP contribution in [0, 0.1) is 17.0 Å². The van der Waals surface area contributed by atoms with Gasteiger partial charge >= 0.3 is 0 Å². The first-order valence-electron chi connectivity index (χ1n) is 7.45. The fourth-order valence-corrected chi connectivity index (χ4v) is 3.20. The number of benzene rings is 2. The van der Waals surface area contributed by atoms with Crippen molar-refractivity contribution in [3.63, 3.8) is 0 Å². The van der Waals surface area contributed by atoms with E-state index in [1.165, 1.54) is 31.4 Å². The van der Waals surface area contributed by atoms with Gasteiger partial charge in [-0.25, -0.2) is 8.42 Å². The SMILES string of the molecule is Cc1c(C(=O)NCc2ccc(CS(C)(=O)=O)cc2)cccc1[N+](=O)[O-]. The van der Waals surface area contributed by atoms with Gasteiger partial charge < -0.3 is 5.32 Å². The molecule has 132 valence electrons. The summed E-state index contributed by atoms with van der Waals surface area (Å²) >= 11 is 0. The Hall–Kier alpha value is -2.74. The van der Waals surface area contributed by atoms with Gasteiger partial charge in [-0.05, 0) is 24.1 Å². The number of hydrogen-bond donors (Lipinski definition) is 1. The van der Waals surface area contributed by atoms with Crippen LogP contribution >= 0.6 is 0 Å². The highest BCUT2D eigenvalue weighted by Gasteiger charge is 2.17. The Morgan fingerprint density at radius 2 is 1.72 bits per heavy atom. The van der Waals surface area contributed by atoms with Crippen molar-refractivity contribution in [1.29, 1.82) is 0 Å². The van der Waals surface area contributed by atoms with Gasteiger partial charge in [0.15, 0.2) is 9.84 Å². The van der Waals surface area contributed by atoms with E-state index in [1.54, 1.807) is 24.3 Å². The first kappa shape index (κ1) is 18.6. The quantitative estimate of drug-likeness (QED) is 0.627. The molecule has 0 saturated carbocycles. The normalized spacial score (nSPS) is 11.1. The molecule has 0 radical (unpaired) electrons. The highest BCUT2D eigenvalue weighted by molar-refractivity contribution is 7.89. The number of amides is 1. The van der Waals surface area contributed by atoms with Gasteiger partial charge in [0, 0.05) is 30.0 Å². The monoisotopic (exact) mass is 362 g/mol. The number of sulfone groups is 1. The molecular weight excluding hydrogens is 344 g/mol. The maximum Gasteiger partial charge on any atom is 0.273 e. The Morgan fingerprint density at radius 1 is 1.12 bits per heavy atom. The lowest BCUT2D eigenvalue weighted by Gasteiger charge is -2.08. The van der Waals surface area contributed by atoms with Crippen molar-refractivity contribution in [2.75, 3.05) is 6.26 Å². The van der Waals surface area contributed by atoms with E-state index in [4.69, 9.17) is 0 Å². The van der Waals surface area contributed by atoms with Crippen LogP contribution in [0.2, 0.25) is 0 Å². The van der Waals surface area contributed by atoms with E-state index in [-0.39, 0.29) is 23.5 Å². The summed E-state index contributed by atoms with van der Waals surface area (Å²) in [6.45, 7) is 1.77. The average molecular weight is 362 g/mol. The molecule has 0 unspecified atom stereocenters. The van der Waals surface area contributed by atoms with Gasteiger partial charge in [-0.15, -0.1) is 0 Å². The summed E-state index contributed by atoms with van der Waals surface area (Å²) in [6, 6.07) is 11.2. The van der Waals surface area contributed by atoms with Crippen LogP contribution in [0.4, 0.5) is 5.69 Å². The van der Waals surface area contributed by atoms with Gasteiger partial charge in [0.1, 0.15) is 0 Å². The second-order valence-electron chi connectivity index (χ2n) is 5.78. The summed E-state index contributed by atoms with van der Waals surface area (Å²) in [5.41, 5.74) is 1.94. The van der Waals surface area contributed by atoms with Crippen molar-refractivity contribution < 1.29 is 18.1 Å². The number of carbonyl (C=O) groups excluding carboxylic acids is 1. The van der Waals surface area contributed by atoms with Gasteiger partial charge in [-0.1, -0.05) is 30.3 Å². The van der Waals surface area contributed by atoms with Gasteiger partial charge in [0.25, 0.3) is 11.6 Å². The van der Waals surface area contributed by atoms with Crippen molar-refractivity contribution in [1.82, 2.24) is 5.32 Å². The number of nitrogens with zero attached hydrogens (tertiary/aromatic N) is 1. The van der Waals surface area contributed by atoms with Crippen LogP contribution < -0.4 is 5.32 Å². The molecule has 2 aromatic rings. The average Bonchev–Trinajstić information content (AvgIpc) is 2.52. The zero-order chi connectivity index (χ0) is 18.6. The third-order valence-electron chi connectivity index (χ3n) is 3.65. The van der Waals surface area contributed by atoms with Crippen LogP contribution in [0.5, 0.6) is 0 Å². The number of hydrogen-bond acceptors (Lipinski definition) is 5. The molecule has 1 N–H and O–H groups in total. The number of rotatable bonds is 6. The molecule has 0 aliphatic carbocycles. The number of nitrogens with one attached hydrogen (secondary N) is 1. The lowest BCUT2D eigenvalue weighted by atomic mass is 10.1. The van der Waals surface area contributed by atoms with Crippen molar-refractivity contribution >= 4 is 21.4 Å². The molecular formula is C17H18N2O5S. The number of nitro groups is 1. The summed E-state index contributed by atoms with van der Waals surface area (Å²) < 4.78 is 22.5. The van der Waals surface area contributed by atoms with Gasteiger partial charge in [0.2, 0.25) is 0 Å². The summed E-state index contributed by atoms with van der Waals surface area (Å²) in [7, 11) is -3.09. The van der Waals surface area contributed by atoms with Crippen molar-refractivity contribution in [3.05, 3.63) is 74.8 Å². The van der Waals surface area contributed by atoms with E-state index in [2.05, 4.69) is 5.32 Å². The molecule has 0 atom stereocenters. The maximum absolute atomic E-state index is 12.3. The molecule has 0 aliphatic rings. The predicted octanol–water partition coefficient (Wildman–Crippen LogP) is 2.38. The standard InChI is InChI=1S/C17H18N2O5S/c1-12-15(4-3-5-16(12)19(21)22)17(20)18-10-13-6-8-14(9-7-13)11-25(2,23)24/h3-9H,10-11H2,1-2H3,(H,18,20). The minimum Gasteiger partial charge on any atom is -0.348 e. The molecule has 0 bridgehead atoms. The van der Waals surface area contributed by atoms with E-state index in [1.807, 2.05) is 0 Å². The smallest absolute Gasteiger partial charge is 0.273 e.